The van der Waals surface area contributed by atoms with E-state index in [2.05, 4.69) is 31.1 Å². The molecule has 4 unspecified atom stereocenters. The molecule has 3 rings (SSSR count). The fourth-order valence-electron chi connectivity index (χ4n) is 4.50. The molecule has 4 atom stereocenters. The van der Waals surface area contributed by atoms with Crippen LogP contribution in [0.2, 0.25) is 0 Å². The highest BCUT2D eigenvalue weighted by Gasteiger charge is 2.44. The van der Waals surface area contributed by atoms with E-state index in [9.17, 15) is 0 Å². The normalized spacial score (nSPS) is 44.2. The van der Waals surface area contributed by atoms with Crippen LogP contribution in [0.25, 0.3) is 0 Å². The van der Waals surface area contributed by atoms with Crippen LogP contribution in [-0.4, -0.2) is 49.3 Å². The maximum atomic E-state index is 5.98. The third kappa shape index (κ3) is 2.21. The van der Waals surface area contributed by atoms with E-state index in [-0.39, 0.29) is 0 Å². The number of nitrogens with zero attached hydrogens (tertiary/aromatic N) is 1. The van der Waals surface area contributed by atoms with Crippen LogP contribution in [0.5, 0.6) is 0 Å². The second kappa shape index (κ2) is 4.77. The van der Waals surface area contributed by atoms with Crippen molar-refractivity contribution in [2.24, 2.45) is 5.41 Å². The highest BCUT2D eigenvalue weighted by atomic mass is 16.5. The number of hydrogen-bond acceptors (Lipinski definition) is 3. The third-order valence-electron chi connectivity index (χ3n) is 5.40. The number of morpholine rings is 1. The lowest BCUT2D eigenvalue weighted by Gasteiger charge is -2.50. The molecule has 0 spiro atoms. The van der Waals surface area contributed by atoms with E-state index in [1.54, 1.807) is 0 Å². The van der Waals surface area contributed by atoms with Gasteiger partial charge in [0, 0.05) is 25.2 Å². The molecule has 2 aliphatic heterocycles. The maximum Gasteiger partial charge on any atom is 0.0707 e. The highest BCUT2D eigenvalue weighted by molar-refractivity contribution is 5.00. The number of hydrogen-bond donors (Lipinski definition) is 1. The first-order chi connectivity index (χ1) is 8.60. The molecule has 18 heavy (non-hydrogen) atoms. The van der Waals surface area contributed by atoms with Crippen molar-refractivity contribution in [3.05, 3.63) is 0 Å². The molecule has 3 nitrogen and oxygen atoms in total. The fourth-order valence-corrected chi connectivity index (χ4v) is 4.50. The molecule has 0 aromatic carbocycles. The maximum absolute atomic E-state index is 5.98. The Kier molecular flexibility index (Phi) is 3.41. The van der Waals surface area contributed by atoms with Gasteiger partial charge in [0.05, 0.1) is 12.2 Å². The van der Waals surface area contributed by atoms with Crippen LogP contribution in [-0.2, 0) is 4.74 Å². The average Bonchev–Trinajstić information content (AvgIpc) is 2.67. The third-order valence-corrected chi connectivity index (χ3v) is 5.40. The Morgan fingerprint density at radius 1 is 1.11 bits per heavy atom. The van der Waals surface area contributed by atoms with Crippen molar-refractivity contribution in [3.63, 3.8) is 0 Å². The number of rotatable bonds is 2. The first-order valence-electron chi connectivity index (χ1n) is 7.67. The molecule has 1 N–H and O–H groups in total. The minimum Gasteiger partial charge on any atom is -0.372 e. The highest BCUT2D eigenvalue weighted by Crippen LogP contribution is 2.39. The summed E-state index contributed by atoms with van der Waals surface area (Å²) in [6, 6.07) is 1.34. The molecule has 1 saturated carbocycles. The monoisotopic (exact) mass is 252 g/mol. The van der Waals surface area contributed by atoms with Crippen molar-refractivity contribution < 1.29 is 4.74 Å². The standard InChI is InChI=1S/C15H28N2O/c1-15(2)8-4-5-13(14(15)16-3)17-9-11-6-7-12(10-17)18-11/h11-14,16H,4-10H2,1-3H3. The van der Waals surface area contributed by atoms with Crippen molar-refractivity contribution in [3.8, 4) is 0 Å². The van der Waals surface area contributed by atoms with Crippen LogP contribution in [0.4, 0.5) is 0 Å². The van der Waals surface area contributed by atoms with Gasteiger partial charge in [-0.2, -0.15) is 0 Å². The van der Waals surface area contributed by atoms with Gasteiger partial charge in [-0.1, -0.05) is 20.3 Å². The Labute approximate surface area is 111 Å². The van der Waals surface area contributed by atoms with E-state index in [1.165, 1.54) is 32.1 Å². The summed E-state index contributed by atoms with van der Waals surface area (Å²) in [5.41, 5.74) is 0.426. The van der Waals surface area contributed by atoms with Gasteiger partial charge in [-0.15, -0.1) is 0 Å². The lowest BCUT2D eigenvalue weighted by molar-refractivity contribution is -0.0722. The van der Waals surface area contributed by atoms with E-state index in [0.717, 1.165) is 13.1 Å². The molecule has 3 aliphatic rings. The molecule has 0 aromatic rings. The van der Waals surface area contributed by atoms with Gasteiger partial charge in [-0.3, -0.25) is 4.90 Å². The lowest BCUT2D eigenvalue weighted by atomic mass is 9.70. The lowest BCUT2D eigenvalue weighted by Crippen LogP contribution is -2.61. The Hall–Kier alpha value is -0.120. The number of likely N-dealkylation sites (tertiary alicyclic amines) is 1. The zero-order valence-electron chi connectivity index (χ0n) is 12.1. The second-order valence-corrected chi connectivity index (χ2v) is 7.13. The molecule has 3 heteroatoms. The van der Waals surface area contributed by atoms with Crippen LogP contribution in [0.15, 0.2) is 0 Å². The largest absolute Gasteiger partial charge is 0.372 e. The Bertz CT molecular complexity index is 293. The van der Waals surface area contributed by atoms with Crippen molar-refractivity contribution in [2.45, 2.75) is 70.2 Å². The van der Waals surface area contributed by atoms with Crippen LogP contribution in [0.3, 0.4) is 0 Å². The van der Waals surface area contributed by atoms with Crippen molar-refractivity contribution >= 4 is 0 Å². The molecule has 1 aliphatic carbocycles. The summed E-state index contributed by atoms with van der Waals surface area (Å²) in [7, 11) is 2.14. The zero-order valence-corrected chi connectivity index (χ0v) is 12.1. The van der Waals surface area contributed by atoms with Crippen LogP contribution in [0, 0.1) is 5.41 Å². The van der Waals surface area contributed by atoms with E-state index in [0.29, 0.717) is 29.7 Å². The Balaban J connectivity index is 1.74. The quantitative estimate of drug-likeness (QED) is 0.814. The second-order valence-electron chi connectivity index (χ2n) is 7.13. The smallest absolute Gasteiger partial charge is 0.0707 e. The molecule has 0 radical (unpaired) electrons. The van der Waals surface area contributed by atoms with Gasteiger partial charge in [0.1, 0.15) is 0 Å². The Morgan fingerprint density at radius 3 is 2.39 bits per heavy atom. The molecule has 2 heterocycles. The summed E-state index contributed by atoms with van der Waals surface area (Å²) in [5.74, 6) is 0. The van der Waals surface area contributed by atoms with Gasteiger partial charge < -0.3 is 10.1 Å². The van der Waals surface area contributed by atoms with E-state index in [1.807, 2.05) is 0 Å². The molecular formula is C15H28N2O. The fraction of sp³-hybridized carbons (Fsp3) is 1.00. The molecule has 2 bridgehead atoms. The van der Waals surface area contributed by atoms with Crippen LogP contribution < -0.4 is 5.32 Å². The van der Waals surface area contributed by atoms with Gasteiger partial charge in [-0.05, 0) is 38.1 Å². The summed E-state index contributed by atoms with van der Waals surface area (Å²) in [4.78, 5) is 2.73. The topological polar surface area (TPSA) is 24.5 Å². The molecule has 3 fully saturated rings. The molecular weight excluding hydrogens is 224 g/mol. The summed E-state index contributed by atoms with van der Waals surface area (Å²) >= 11 is 0. The van der Waals surface area contributed by atoms with Gasteiger partial charge in [0.25, 0.3) is 0 Å². The number of nitrogens with one attached hydrogen (secondary N) is 1. The van der Waals surface area contributed by atoms with Gasteiger partial charge in [-0.25, -0.2) is 0 Å². The number of likely N-dealkylation sites (N-methyl/N-ethyl adjacent to an activating group) is 1. The van der Waals surface area contributed by atoms with Gasteiger partial charge in [0.15, 0.2) is 0 Å². The molecule has 104 valence electrons. The summed E-state index contributed by atoms with van der Waals surface area (Å²) in [6.45, 7) is 7.18. The molecule has 2 saturated heterocycles. The number of ether oxygens (including phenoxy) is 1. The molecule has 0 amide bonds. The van der Waals surface area contributed by atoms with Gasteiger partial charge in [0.2, 0.25) is 0 Å². The van der Waals surface area contributed by atoms with E-state index in [4.69, 9.17) is 4.74 Å². The number of fused-ring (bicyclic) bond motifs is 2. The SMILES string of the molecule is CNC1C(N2CC3CCC(C2)O3)CCCC1(C)C. The minimum absolute atomic E-state index is 0.426. The van der Waals surface area contributed by atoms with Crippen LogP contribution in [0.1, 0.15) is 46.0 Å². The predicted molar refractivity (Wildman–Crippen MR) is 73.7 cm³/mol. The van der Waals surface area contributed by atoms with Gasteiger partial charge >= 0.3 is 0 Å². The molecule has 0 aromatic heterocycles. The average molecular weight is 252 g/mol. The Morgan fingerprint density at radius 2 is 1.78 bits per heavy atom. The summed E-state index contributed by atoms with van der Waals surface area (Å²) in [5, 5.41) is 3.61. The van der Waals surface area contributed by atoms with Crippen molar-refractivity contribution in [1.29, 1.82) is 0 Å². The van der Waals surface area contributed by atoms with Crippen LogP contribution >= 0.6 is 0 Å². The zero-order chi connectivity index (χ0) is 12.8. The first kappa shape index (κ1) is 12.9. The van der Waals surface area contributed by atoms with E-state index < -0.39 is 0 Å². The first-order valence-corrected chi connectivity index (χ1v) is 7.67. The van der Waals surface area contributed by atoms with E-state index >= 15 is 0 Å². The predicted octanol–water partition coefficient (Wildman–Crippen LogP) is 2.02. The summed E-state index contributed by atoms with van der Waals surface area (Å²) < 4.78 is 5.98. The van der Waals surface area contributed by atoms with Crippen molar-refractivity contribution in [2.75, 3.05) is 20.1 Å². The summed E-state index contributed by atoms with van der Waals surface area (Å²) in [6.07, 6.45) is 7.68. The van der Waals surface area contributed by atoms with Crippen molar-refractivity contribution in [1.82, 2.24) is 10.2 Å². The minimum atomic E-state index is 0.426.